The number of carbonyl (C=O) groups is 3. The van der Waals surface area contributed by atoms with Gasteiger partial charge in [0.05, 0.1) is 34.4 Å². The highest BCUT2D eigenvalue weighted by Crippen LogP contribution is 2.11. The van der Waals surface area contributed by atoms with Crippen molar-refractivity contribution in [2.24, 2.45) is 0 Å². The molecule has 0 amide bonds. The Morgan fingerprint density at radius 1 is 0.574 bits per heavy atom. The molecular formula is C46H74NO7+. The highest BCUT2D eigenvalue weighted by molar-refractivity contribution is 5.72. The molecule has 0 saturated heterocycles. The first kappa shape index (κ1) is 50.2. The maximum absolute atomic E-state index is 12.7. The lowest BCUT2D eigenvalue weighted by atomic mass is 10.1. The Kier molecular flexibility index (Phi) is 33.7. The van der Waals surface area contributed by atoms with Gasteiger partial charge in [-0.1, -0.05) is 130 Å². The fraction of sp³-hybridized carbons (Fsp3) is 0.587. The molecule has 0 aromatic heterocycles. The van der Waals surface area contributed by atoms with Crippen LogP contribution in [0.5, 0.6) is 0 Å². The van der Waals surface area contributed by atoms with Crippen LogP contribution in [0, 0.1) is 0 Å². The molecule has 2 atom stereocenters. The van der Waals surface area contributed by atoms with Gasteiger partial charge in [-0.2, -0.15) is 0 Å². The first-order valence-corrected chi connectivity index (χ1v) is 20.3. The van der Waals surface area contributed by atoms with E-state index in [1.807, 2.05) is 33.3 Å². The smallest absolute Gasteiger partial charge is 0.362 e. The fourth-order valence-corrected chi connectivity index (χ4v) is 5.18. The fourth-order valence-electron chi connectivity index (χ4n) is 5.18. The van der Waals surface area contributed by atoms with Gasteiger partial charge in [0.15, 0.2) is 12.1 Å². The van der Waals surface area contributed by atoms with Gasteiger partial charge in [0.1, 0.15) is 6.61 Å². The first-order chi connectivity index (χ1) is 26.1. The minimum Gasteiger partial charge on any atom is -0.477 e. The quantitative estimate of drug-likeness (QED) is 0.0230. The molecule has 8 heteroatoms. The molecule has 8 nitrogen and oxygen atoms in total. The number of likely N-dealkylation sites (N-methyl/N-ethyl adjacent to an activating group) is 1. The molecule has 54 heavy (non-hydrogen) atoms. The average molecular weight is 753 g/mol. The van der Waals surface area contributed by atoms with E-state index >= 15 is 0 Å². The third kappa shape index (κ3) is 34.0. The van der Waals surface area contributed by atoms with Gasteiger partial charge in [-0.25, -0.2) is 4.79 Å². The standard InChI is InChI=1S/C46H73NO7/c1-6-8-10-12-14-16-18-20-21-22-23-25-27-29-31-33-35-37-45(49)54-42(40-52-39-38-43(46(50)51)47(3,4)5)41-53-44(48)36-34-32-30-28-26-24-19-17-15-13-11-9-7-2/h8-11,13-17,19-21,23,25,29,31,42-43H,6-7,12,18,22,24,26-28,30,32-41H2,1-5H3/p+1/b10-8+,11-9+,15-13+,16-14+,19-17+,21-20+,25-23+,31-29+. The van der Waals surface area contributed by atoms with Gasteiger partial charge in [0.2, 0.25) is 0 Å². The lowest BCUT2D eigenvalue weighted by Gasteiger charge is -2.31. The van der Waals surface area contributed by atoms with E-state index in [9.17, 15) is 19.5 Å². The third-order valence-corrected chi connectivity index (χ3v) is 8.29. The van der Waals surface area contributed by atoms with Gasteiger partial charge < -0.3 is 23.8 Å². The van der Waals surface area contributed by atoms with Gasteiger partial charge >= 0.3 is 17.9 Å². The Balaban J connectivity index is 4.55. The molecular weight excluding hydrogens is 679 g/mol. The molecule has 0 aromatic carbocycles. The van der Waals surface area contributed by atoms with Crippen LogP contribution in [0.15, 0.2) is 97.2 Å². The van der Waals surface area contributed by atoms with Gasteiger partial charge in [0, 0.05) is 19.3 Å². The Hall–Kier alpha value is -3.75. The normalized spacial score (nSPS) is 14.0. The summed E-state index contributed by atoms with van der Waals surface area (Å²) in [7, 11) is 5.48. The molecule has 0 spiro atoms. The number of carbonyl (C=O) groups excluding carboxylic acids is 2. The molecule has 2 unspecified atom stereocenters. The second-order valence-corrected chi connectivity index (χ2v) is 14.2. The minimum absolute atomic E-state index is 0.0248. The summed E-state index contributed by atoms with van der Waals surface area (Å²) >= 11 is 0. The molecule has 0 rings (SSSR count). The molecule has 0 aliphatic heterocycles. The van der Waals surface area contributed by atoms with Crippen molar-refractivity contribution in [3.8, 4) is 0 Å². The zero-order valence-corrected chi connectivity index (χ0v) is 34.4. The Morgan fingerprint density at radius 2 is 1.09 bits per heavy atom. The van der Waals surface area contributed by atoms with Crippen LogP contribution in [0.1, 0.15) is 123 Å². The number of nitrogens with zero attached hydrogens (tertiary/aromatic N) is 1. The SMILES string of the molecule is CC/C=C/C=C/C=C/CCCCCCCC(=O)OCC(COCCC(C(=O)O)[N+](C)(C)C)OC(=O)CCC/C=C/C/C=C/C/C=C/C/C=C/C/C=C/CC. The van der Waals surface area contributed by atoms with Crippen molar-refractivity contribution in [2.75, 3.05) is 41.0 Å². The zero-order chi connectivity index (χ0) is 40.0. The number of quaternary nitrogens is 1. The van der Waals surface area contributed by atoms with Crippen LogP contribution in [0.4, 0.5) is 0 Å². The van der Waals surface area contributed by atoms with E-state index in [0.29, 0.717) is 19.3 Å². The number of hydrogen-bond acceptors (Lipinski definition) is 6. The molecule has 0 heterocycles. The number of carboxylic acid groups (broad SMARTS) is 1. The highest BCUT2D eigenvalue weighted by Gasteiger charge is 2.31. The van der Waals surface area contributed by atoms with Gasteiger partial charge in [0.25, 0.3) is 0 Å². The average Bonchev–Trinajstić information content (AvgIpc) is 3.12. The second kappa shape index (κ2) is 36.2. The second-order valence-electron chi connectivity index (χ2n) is 14.2. The van der Waals surface area contributed by atoms with Crippen molar-refractivity contribution in [2.45, 2.75) is 135 Å². The summed E-state index contributed by atoms with van der Waals surface area (Å²) < 4.78 is 17.1. The van der Waals surface area contributed by atoms with Crippen LogP contribution in [0.2, 0.25) is 0 Å². The number of aliphatic carboxylic acids is 1. The van der Waals surface area contributed by atoms with E-state index in [4.69, 9.17) is 14.2 Å². The minimum atomic E-state index is -0.893. The van der Waals surface area contributed by atoms with Crippen molar-refractivity contribution in [1.82, 2.24) is 0 Å². The molecule has 0 radical (unpaired) electrons. The molecule has 1 N–H and O–H groups in total. The summed E-state index contributed by atoms with van der Waals surface area (Å²) in [5, 5.41) is 9.60. The summed E-state index contributed by atoms with van der Waals surface area (Å²) in [4.78, 5) is 36.9. The van der Waals surface area contributed by atoms with E-state index in [-0.39, 0.29) is 42.7 Å². The Morgan fingerprint density at radius 3 is 1.69 bits per heavy atom. The predicted molar refractivity (Wildman–Crippen MR) is 224 cm³/mol. The third-order valence-electron chi connectivity index (χ3n) is 8.29. The molecule has 0 saturated carbocycles. The Bertz CT molecular complexity index is 1200. The summed E-state index contributed by atoms with van der Waals surface area (Å²) in [5.41, 5.74) is 0. The topological polar surface area (TPSA) is 99.1 Å². The highest BCUT2D eigenvalue weighted by atomic mass is 16.6. The van der Waals surface area contributed by atoms with E-state index in [1.54, 1.807) is 0 Å². The molecule has 0 bridgehead atoms. The first-order valence-electron chi connectivity index (χ1n) is 20.3. The van der Waals surface area contributed by atoms with Crippen molar-refractivity contribution in [3.63, 3.8) is 0 Å². The van der Waals surface area contributed by atoms with Gasteiger partial charge in [-0.3, -0.25) is 9.59 Å². The lowest BCUT2D eigenvalue weighted by molar-refractivity contribution is -0.887. The summed E-state index contributed by atoms with van der Waals surface area (Å²) in [6.45, 7) is 4.37. The van der Waals surface area contributed by atoms with Crippen LogP contribution in [-0.2, 0) is 28.6 Å². The number of carboxylic acids is 1. The monoisotopic (exact) mass is 753 g/mol. The van der Waals surface area contributed by atoms with Crippen molar-refractivity contribution in [3.05, 3.63) is 97.2 Å². The molecule has 304 valence electrons. The van der Waals surface area contributed by atoms with Gasteiger partial charge in [-0.15, -0.1) is 0 Å². The van der Waals surface area contributed by atoms with E-state index in [2.05, 4.69) is 98.9 Å². The molecule has 0 aromatic rings. The number of unbranched alkanes of at least 4 members (excludes halogenated alkanes) is 6. The number of ether oxygens (including phenoxy) is 3. The zero-order valence-electron chi connectivity index (χ0n) is 34.4. The molecule has 0 aliphatic carbocycles. The predicted octanol–water partition coefficient (Wildman–Crippen LogP) is 10.7. The number of hydrogen-bond donors (Lipinski definition) is 1. The maximum atomic E-state index is 12.7. The van der Waals surface area contributed by atoms with E-state index in [0.717, 1.165) is 83.5 Å². The Labute approximate surface area is 328 Å². The summed E-state index contributed by atoms with van der Waals surface area (Å²) in [5.74, 6) is -1.59. The summed E-state index contributed by atoms with van der Waals surface area (Å²) in [6.07, 6.45) is 47.4. The van der Waals surface area contributed by atoms with Crippen LogP contribution < -0.4 is 0 Å². The number of esters is 2. The van der Waals surface area contributed by atoms with Crippen LogP contribution in [-0.4, -0.2) is 80.6 Å². The largest absolute Gasteiger partial charge is 0.477 e. The lowest BCUT2D eigenvalue weighted by Crippen LogP contribution is -2.50. The van der Waals surface area contributed by atoms with Crippen LogP contribution >= 0.6 is 0 Å². The maximum Gasteiger partial charge on any atom is 0.362 e. The number of rotatable bonds is 34. The van der Waals surface area contributed by atoms with E-state index in [1.165, 1.54) is 0 Å². The van der Waals surface area contributed by atoms with Crippen LogP contribution in [0.3, 0.4) is 0 Å². The van der Waals surface area contributed by atoms with Crippen molar-refractivity contribution in [1.29, 1.82) is 0 Å². The van der Waals surface area contributed by atoms with Crippen molar-refractivity contribution < 1.29 is 38.2 Å². The molecule has 0 aliphatic rings. The van der Waals surface area contributed by atoms with Crippen molar-refractivity contribution >= 4 is 17.9 Å². The van der Waals surface area contributed by atoms with Gasteiger partial charge in [-0.05, 0) is 70.6 Å². The van der Waals surface area contributed by atoms with Crippen LogP contribution in [0.25, 0.3) is 0 Å². The number of allylic oxidation sites excluding steroid dienone is 16. The summed E-state index contributed by atoms with van der Waals surface area (Å²) in [6, 6.07) is -0.633. The molecule has 0 fully saturated rings. The van der Waals surface area contributed by atoms with E-state index < -0.39 is 18.1 Å².